The number of nitrogens with one attached hydrogen (secondary N) is 1. The minimum Gasteiger partial charge on any atom is -0.385 e. The summed E-state index contributed by atoms with van der Waals surface area (Å²) in [7, 11) is 0. The number of anilines is 1. The van der Waals surface area contributed by atoms with Gasteiger partial charge in [-0.15, -0.1) is 0 Å². The largest absolute Gasteiger partial charge is 0.385 e. The Morgan fingerprint density at radius 1 is 1.47 bits per heavy atom. The minimum atomic E-state index is -0.306. The van der Waals surface area contributed by atoms with Crippen LogP contribution in [0, 0.1) is 5.82 Å². The molecule has 0 fully saturated rings. The van der Waals surface area contributed by atoms with E-state index in [1.807, 2.05) is 19.1 Å². The topological polar surface area (TPSA) is 24.9 Å². The molecule has 1 aromatic heterocycles. The summed E-state index contributed by atoms with van der Waals surface area (Å²) in [5.41, 5.74) is 1.30. The van der Waals surface area contributed by atoms with Gasteiger partial charge in [0.1, 0.15) is 5.52 Å². The fourth-order valence-electron chi connectivity index (χ4n) is 1.52. The average molecular weight is 269 g/mol. The molecule has 0 spiro atoms. The van der Waals surface area contributed by atoms with E-state index in [0.717, 1.165) is 22.1 Å². The Balaban J connectivity index is 2.73. The highest BCUT2D eigenvalue weighted by atomic mass is 79.9. The van der Waals surface area contributed by atoms with E-state index in [9.17, 15) is 4.39 Å². The van der Waals surface area contributed by atoms with Crippen molar-refractivity contribution in [3.63, 3.8) is 0 Å². The fourth-order valence-corrected chi connectivity index (χ4v) is 1.95. The van der Waals surface area contributed by atoms with Gasteiger partial charge in [0.15, 0.2) is 5.82 Å². The third-order valence-corrected chi connectivity index (χ3v) is 2.59. The summed E-state index contributed by atoms with van der Waals surface area (Å²) >= 11 is 3.27. The third kappa shape index (κ3) is 1.95. The Hall–Kier alpha value is -1.16. The lowest BCUT2D eigenvalue weighted by molar-refractivity contribution is 0.636. The summed E-state index contributed by atoms with van der Waals surface area (Å²) in [6.45, 7) is 2.80. The van der Waals surface area contributed by atoms with Gasteiger partial charge in [0.2, 0.25) is 0 Å². The maximum atomic E-state index is 13.5. The van der Waals surface area contributed by atoms with Gasteiger partial charge in [-0.1, -0.05) is 15.9 Å². The maximum absolute atomic E-state index is 13.5. The van der Waals surface area contributed by atoms with Crippen molar-refractivity contribution >= 4 is 32.5 Å². The zero-order valence-corrected chi connectivity index (χ0v) is 9.81. The highest BCUT2D eigenvalue weighted by Gasteiger charge is 2.07. The van der Waals surface area contributed by atoms with Gasteiger partial charge in [-0.3, -0.25) is 4.98 Å². The van der Waals surface area contributed by atoms with Crippen LogP contribution in [-0.2, 0) is 0 Å². The van der Waals surface area contributed by atoms with Crippen LogP contribution in [0.25, 0.3) is 10.9 Å². The Morgan fingerprint density at radius 3 is 3.00 bits per heavy atom. The third-order valence-electron chi connectivity index (χ3n) is 2.13. The van der Waals surface area contributed by atoms with Crippen LogP contribution in [0.1, 0.15) is 6.92 Å². The normalized spacial score (nSPS) is 10.6. The van der Waals surface area contributed by atoms with Crippen LogP contribution in [0.3, 0.4) is 0 Å². The molecule has 0 amide bonds. The Bertz CT molecular complexity index is 499. The quantitative estimate of drug-likeness (QED) is 0.901. The highest BCUT2D eigenvalue weighted by Crippen LogP contribution is 2.27. The molecule has 78 valence electrons. The van der Waals surface area contributed by atoms with Crippen LogP contribution in [0.5, 0.6) is 0 Å². The number of fused-ring (bicyclic) bond motifs is 1. The summed E-state index contributed by atoms with van der Waals surface area (Å²) in [5.74, 6) is -0.306. The van der Waals surface area contributed by atoms with Crippen LogP contribution in [0.2, 0.25) is 0 Å². The second kappa shape index (κ2) is 4.14. The average Bonchev–Trinajstić information content (AvgIpc) is 2.19. The second-order valence-corrected chi connectivity index (χ2v) is 4.09. The molecular weight excluding hydrogens is 259 g/mol. The molecular formula is C11H10BrFN2. The predicted molar refractivity (Wildman–Crippen MR) is 63.6 cm³/mol. The van der Waals surface area contributed by atoms with Crippen LogP contribution in [-0.4, -0.2) is 11.5 Å². The lowest BCUT2D eigenvalue weighted by Crippen LogP contribution is -1.98. The van der Waals surface area contributed by atoms with E-state index < -0.39 is 0 Å². The summed E-state index contributed by atoms with van der Waals surface area (Å²) < 4.78 is 14.3. The van der Waals surface area contributed by atoms with Crippen LogP contribution >= 0.6 is 15.9 Å². The number of hydrogen-bond donors (Lipinski definition) is 1. The van der Waals surface area contributed by atoms with Gasteiger partial charge in [0.05, 0.1) is 0 Å². The van der Waals surface area contributed by atoms with E-state index in [1.165, 1.54) is 6.07 Å². The first-order valence-corrected chi connectivity index (χ1v) is 5.49. The molecule has 0 aliphatic carbocycles. The number of pyridine rings is 1. The number of rotatable bonds is 2. The lowest BCUT2D eigenvalue weighted by atomic mass is 10.2. The van der Waals surface area contributed by atoms with Crippen molar-refractivity contribution in [1.82, 2.24) is 4.98 Å². The molecule has 0 atom stereocenters. The first-order valence-electron chi connectivity index (χ1n) is 4.70. The molecule has 0 aliphatic rings. The Kier molecular flexibility index (Phi) is 2.86. The SMILES string of the molecule is CCNc1ccnc2c(F)cc(Br)cc12. The predicted octanol–water partition coefficient (Wildman–Crippen LogP) is 3.57. The Morgan fingerprint density at radius 2 is 2.27 bits per heavy atom. The van der Waals surface area contributed by atoms with Gasteiger partial charge in [-0.25, -0.2) is 4.39 Å². The zero-order chi connectivity index (χ0) is 10.8. The number of nitrogens with zero attached hydrogens (tertiary/aromatic N) is 1. The highest BCUT2D eigenvalue weighted by molar-refractivity contribution is 9.10. The molecule has 2 rings (SSSR count). The molecule has 0 unspecified atom stereocenters. The van der Waals surface area contributed by atoms with Gasteiger partial charge >= 0.3 is 0 Å². The van der Waals surface area contributed by atoms with E-state index in [0.29, 0.717) is 5.52 Å². The van der Waals surface area contributed by atoms with Crippen molar-refractivity contribution in [3.05, 3.63) is 34.7 Å². The number of benzene rings is 1. The first kappa shape index (κ1) is 10.4. The molecule has 0 saturated carbocycles. The maximum Gasteiger partial charge on any atom is 0.150 e. The van der Waals surface area contributed by atoms with Crippen molar-refractivity contribution in [2.75, 3.05) is 11.9 Å². The van der Waals surface area contributed by atoms with Crippen molar-refractivity contribution in [2.24, 2.45) is 0 Å². The fraction of sp³-hybridized carbons (Fsp3) is 0.182. The first-order chi connectivity index (χ1) is 7.22. The molecule has 1 N–H and O–H groups in total. The van der Waals surface area contributed by atoms with Crippen LogP contribution in [0.4, 0.5) is 10.1 Å². The zero-order valence-electron chi connectivity index (χ0n) is 8.22. The molecule has 1 heterocycles. The molecule has 0 bridgehead atoms. The summed E-state index contributed by atoms with van der Waals surface area (Å²) in [6, 6.07) is 5.13. The molecule has 4 heteroatoms. The van der Waals surface area contributed by atoms with Gasteiger partial charge in [0, 0.05) is 28.3 Å². The molecule has 0 aliphatic heterocycles. The number of hydrogen-bond acceptors (Lipinski definition) is 2. The van der Waals surface area contributed by atoms with E-state index in [4.69, 9.17) is 0 Å². The molecule has 0 radical (unpaired) electrons. The molecule has 2 aromatic rings. The summed E-state index contributed by atoms with van der Waals surface area (Å²) in [5, 5.41) is 3.97. The smallest absolute Gasteiger partial charge is 0.150 e. The number of halogens is 2. The minimum absolute atomic E-state index is 0.306. The summed E-state index contributed by atoms with van der Waals surface area (Å²) in [4.78, 5) is 4.03. The van der Waals surface area contributed by atoms with Crippen molar-refractivity contribution in [1.29, 1.82) is 0 Å². The standard InChI is InChI=1S/C11H10BrFN2/c1-2-14-10-3-4-15-11-8(10)5-7(12)6-9(11)13/h3-6H,2H2,1H3,(H,14,15). The van der Waals surface area contributed by atoms with Crippen molar-refractivity contribution in [3.8, 4) is 0 Å². The molecule has 15 heavy (non-hydrogen) atoms. The molecule has 0 saturated heterocycles. The van der Waals surface area contributed by atoms with Crippen molar-refractivity contribution in [2.45, 2.75) is 6.92 Å². The molecule has 2 nitrogen and oxygen atoms in total. The van der Waals surface area contributed by atoms with Crippen molar-refractivity contribution < 1.29 is 4.39 Å². The van der Waals surface area contributed by atoms with Gasteiger partial charge < -0.3 is 5.32 Å². The number of aromatic nitrogens is 1. The van der Waals surface area contributed by atoms with Gasteiger partial charge in [-0.2, -0.15) is 0 Å². The van der Waals surface area contributed by atoms with Crippen LogP contribution in [0.15, 0.2) is 28.9 Å². The van der Waals surface area contributed by atoms with E-state index >= 15 is 0 Å². The summed E-state index contributed by atoms with van der Waals surface area (Å²) in [6.07, 6.45) is 1.61. The second-order valence-electron chi connectivity index (χ2n) is 3.17. The van der Waals surface area contributed by atoms with E-state index in [-0.39, 0.29) is 5.82 Å². The van der Waals surface area contributed by atoms with E-state index in [1.54, 1.807) is 6.20 Å². The monoisotopic (exact) mass is 268 g/mol. The van der Waals surface area contributed by atoms with E-state index in [2.05, 4.69) is 26.2 Å². The lowest BCUT2D eigenvalue weighted by Gasteiger charge is -2.07. The van der Waals surface area contributed by atoms with Crippen LogP contribution < -0.4 is 5.32 Å². The molecule has 1 aromatic carbocycles. The van der Waals surface area contributed by atoms with Gasteiger partial charge in [-0.05, 0) is 25.1 Å². The van der Waals surface area contributed by atoms with Gasteiger partial charge in [0.25, 0.3) is 0 Å². The Labute approximate surface area is 95.6 Å².